The van der Waals surface area contributed by atoms with Crippen LogP contribution in [0.4, 0.5) is 0 Å². The first-order valence-electron chi connectivity index (χ1n) is 9.30. The zero-order chi connectivity index (χ0) is 19.3. The van der Waals surface area contributed by atoms with Gasteiger partial charge in [-0.05, 0) is 21.0 Å². The molecule has 3 aromatic rings. The molecule has 3 rings (SSSR count). The first-order chi connectivity index (χ1) is 12.9. The molecule has 0 unspecified atom stereocenters. The molecule has 0 N–H and O–H groups in total. The highest BCUT2D eigenvalue weighted by atomic mass is 28.4. The van der Waals surface area contributed by atoms with Gasteiger partial charge in [-0.3, -0.25) is 4.79 Å². The summed E-state index contributed by atoms with van der Waals surface area (Å²) in [7, 11) is -2.82. The SMILES string of the molecule is CC(C)(C)[Si](OC(=O)Cc1ccccc1)(c1ccccc1)c1ccccc1. The lowest BCUT2D eigenvalue weighted by atomic mass is 10.2. The van der Waals surface area contributed by atoms with Crippen molar-refractivity contribution in [1.29, 1.82) is 0 Å². The largest absolute Gasteiger partial charge is 0.509 e. The van der Waals surface area contributed by atoms with Crippen LogP contribution in [0.1, 0.15) is 26.3 Å². The van der Waals surface area contributed by atoms with E-state index in [-0.39, 0.29) is 17.4 Å². The van der Waals surface area contributed by atoms with Gasteiger partial charge in [0.1, 0.15) is 0 Å². The maximum absolute atomic E-state index is 13.0. The van der Waals surface area contributed by atoms with Crippen LogP contribution >= 0.6 is 0 Å². The first-order valence-corrected chi connectivity index (χ1v) is 11.2. The van der Waals surface area contributed by atoms with E-state index >= 15 is 0 Å². The number of carbonyl (C=O) groups is 1. The molecule has 0 saturated heterocycles. The lowest BCUT2D eigenvalue weighted by Gasteiger charge is -2.42. The molecule has 2 nitrogen and oxygen atoms in total. The summed E-state index contributed by atoms with van der Waals surface area (Å²) in [5, 5.41) is 2.03. The van der Waals surface area contributed by atoms with E-state index in [0.717, 1.165) is 15.9 Å². The Kier molecular flexibility index (Phi) is 5.61. The topological polar surface area (TPSA) is 26.3 Å². The van der Waals surface area contributed by atoms with Gasteiger partial charge < -0.3 is 4.43 Å². The van der Waals surface area contributed by atoms with E-state index in [1.54, 1.807) is 0 Å². The minimum Gasteiger partial charge on any atom is -0.509 e. The molecule has 0 heterocycles. The fourth-order valence-corrected chi connectivity index (χ4v) is 7.96. The van der Waals surface area contributed by atoms with E-state index in [0.29, 0.717) is 0 Å². The number of rotatable bonds is 5. The standard InChI is InChI=1S/C24H26O2Si/c1-24(2,3)27(21-15-9-5-10-16-21,22-17-11-6-12-18-22)26-23(25)19-20-13-7-4-8-14-20/h4-18H,19H2,1-3H3. The van der Waals surface area contributed by atoms with Crippen molar-refractivity contribution in [1.82, 2.24) is 0 Å². The molecule has 27 heavy (non-hydrogen) atoms. The molecule has 0 aliphatic rings. The molecule has 0 spiro atoms. The average molecular weight is 375 g/mol. The molecule has 0 saturated carbocycles. The quantitative estimate of drug-likeness (QED) is 0.621. The summed E-state index contributed by atoms with van der Waals surface area (Å²) in [6, 6.07) is 30.3. The molecule has 0 aromatic heterocycles. The molecule has 0 bridgehead atoms. The predicted octanol–water partition coefficient (Wildman–Crippen LogP) is 4.33. The molecule has 0 radical (unpaired) electrons. The molecule has 3 aromatic carbocycles. The van der Waals surface area contributed by atoms with Crippen LogP contribution in [0.3, 0.4) is 0 Å². The van der Waals surface area contributed by atoms with Gasteiger partial charge in [-0.2, -0.15) is 0 Å². The molecule has 0 fully saturated rings. The van der Waals surface area contributed by atoms with Crippen molar-refractivity contribution in [3.05, 3.63) is 96.6 Å². The molecule has 138 valence electrons. The van der Waals surface area contributed by atoms with Crippen LogP contribution in [0.25, 0.3) is 0 Å². The van der Waals surface area contributed by atoms with Gasteiger partial charge in [-0.15, -0.1) is 0 Å². The maximum Gasteiger partial charge on any atom is 0.323 e. The highest BCUT2D eigenvalue weighted by Crippen LogP contribution is 2.37. The summed E-state index contributed by atoms with van der Waals surface area (Å²) >= 11 is 0. The monoisotopic (exact) mass is 374 g/mol. The second-order valence-corrected chi connectivity index (χ2v) is 12.0. The Bertz CT molecular complexity index is 829. The van der Waals surface area contributed by atoms with Crippen LogP contribution < -0.4 is 10.4 Å². The number of hydrogen-bond donors (Lipinski definition) is 0. The molecule has 0 aliphatic heterocycles. The van der Waals surface area contributed by atoms with Crippen molar-refractivity contribution in [2.24, 2.45) is 0 Å². The summed E-state index contributed by atoms with van der Waals surface area (Å²) in [5.41, 5.74) is 0.973. The van der Waals surface area contributed by atoms with Crippen molar-refractivity contribution in [3.8, 4) is 0 Å². The third-order valence-electron chi connectivity index (χ3n) is 4.88. The Morgan fingerprint density at radius 1 is 0.741 bits per heavy atom. The van der Waals surface area contributed by atoms with Gasteiger partial charge in [-0.25, -0.2) is 0 Å². The average Bonchev–Trinajstić information content (AvgIpc) is 2.67. The van der Waals surface area contributed by atoms with Gasteiger partial charge in [0.2, 0.25) is 0 Å². The van der Waals surface area contributed by atoms with Crippen LogP contribution in [0.5, 0.6) is 0 Å². The van der Waals surface area contributed by atoms with Gasteiger partial charge in [0.25, 0.3) is 5.97 Å². The lowest BCUT2D eigenvalue weighted by Crippen LogP contribution is -2.67. The van der Waals surface area contributed by atoms with Gasteiger partial charge >= 0.3 is 8.32 Å². The molecular weight excluding hydrogens is 348 g/mol. The van der Waals surface area contributed by atoms with Crippen molar-refractivity contribution in [3.63, 3.8) is 0 Å². The van der Waals surface area contributed by atoms with Crippen LogP contribution in [-0.2, 0) is 15.6 Å². The predicted molar refractivity (Wildman–Crippen MR) is 114 cm³/mol. The lowest BCUT2D eigenvalue weighted by molar-refractivity contribution is -0.134. The zero-order valence-electron chi connectivity index (χ0n) is 16.2. The normalized spacial score (nSPS) is 11.8. The molecule has 0 aliphatic carbocycles. The van der Waals surface area contributed by atoms with E-state index in [4.69, 9.17) is 4.43 Å². The van der Waals surface area contributed by atoms with E-state index in [9.17, 15) is 4.79 Å². The van der Waals surface area contributed by atoms with Crippen LogP contribution in [0, 0.1) is 0 Å². The van der Waals surface area contributed by atoms with Gasteiger partial charge in [-0.1, -0.05) is 112 Å². The number of benzene rings is 3. The number of hydrogen-bond acceptors (Lipinski definition) is 2. The van der Waals surface area contributed by atoms with E-state index in [1.807, 2.05) is 66.7 Å². The molecular formula is C24H26O2Si. The Hall–Kier alpha value is -2.65. The summed E-state index contributed by atoms with van der Waals surface area (Å²) in [6.45, 7) is 6.53. The molecule has 0 amide bonds. The molecule has 0 atom stereocenters. The third kappa shape index (κ3) is 4.04. The Morgan fingerprint density at radius 3 is 1.56 bits per heavy atom. The van der Waals surface area contributed by atoms with Crippen LogP contribution in [-0.4, -0.2) is 14.3 Å². The maximum atomic E-state index is 13.0. The number of carbonyl (C=O) groups excluding carboxylic acids is 1. The van der Waals surface area contributed by atoms with Crippen LogP contribution in [0.15, 0.2) is 91.0 Å². The summed E-state index contributed by atoms with van der Waals surface area (Å²) in [6.07, 6.45) is 0.283. The first kappa shape index (κ1) is 19.1. The van der Waals surface area contributed by atoms with E-state index < -0.39 is 8.32 Å². The fourth-order valence-electron chi connectivity index (χ4n) is 3.62. The smallest absolute Gasteiger partial charge is 0.323 e. The van der Waals surface area contributed by atoms with Crippen LogP contribution in [0.2, 0.25) is 5.04 Å². The summed E-state index contributed by atoms with van der Waals surface area (Å²) < 4.78 is 6.48. The fraction of sp³-hybridized carbons (Fsp3) is 0.208. The van der Waals surface area contributed by atoms with Crippen molar-refractivity contribution in [2.45, 2.75) is 32.2 Å². The minimum atomic E-state index is -2.82. The summed E-state index contributed by atoms with van der Waals surface area (Å²) in [5.74, 6) is -0.171. The minimum absolute atomic E-state index is 0.171. The second-order valence-electron chi connectivity index (χ2n) is 7.80. The zero-order valence-corrected chi connectivity index (χ0v) is 17.2. The van der Waals surface area contributed by atoms with Crippen molar-refractivity contribution in [2.75, 3.05) is 0 Å². The highest BCUT2D eigenvalue weighted by Gasteiger charge is 2.53. The van der Waals surface area contributed by atoms with Crippen molar-refractivity contribution < 1.29 is 9.22 Å². The Labute approximate surface area is 163 Å². The molecule has 3 heteroatoms. The van der Waals surface area contributed by atoms with E-state index in [1.165, 1.54) is 0 Å². The van der Waals surface area contributed by atoms with E-state index in [2.05, 4.69) is 45.0 Å². The second kappa shape index (κ2) is 7.93. The summed E-state index contributed by atoms with van der Waals surface area (Å²) in [4.78, 5) is 13.0. The Morgan fingerprint density at radius 2 is 1.15 bits per heavy atom. The van der Waals surface area contributed by atoms with Crippen molar-refractivity contribution >= 4 is 24.7 Å². The third-order valence-corrected chi connectivity index (χ3v) is 9.81. The van der Waals surface area contributed by atoms with Gasteiger partial charge in [0.15, 0.2) is 0 Å². The van der Waals surface area contributed by atoms with Gasteiger partial charge in [0.05, 0.1) is 6.42 Å². The Balaban J connectivity index is 2.08. The highest BCUT2D eigenvalue weighted by molar-refractivity contribution is 7.00. The van der Waals surface area contributed by atoms with Gasteiger partial charge in [0, 0.05) is 0 Å².